The van der Waals surface area contributed by atoms with E-state index in [9.17, 15) is 28.8 Å². The van der Waals surface area contributed by atoms with E-state index < -0.39 is 54.0 Å². The Morgan fingerprint density at radius 1 is 1.02 bits per heavy atom. The number of carbonyl (C=O) groups excluding carboxylic acids is 4. The van der Waals surface area contributed by atoms with Crippen LogP contribution in [0.2, 0.25) is 0 Å². The molecule has 4 amide bonds. The number of hydrogen-bond acceptors (Lipinski definition) is 10. The fraction of sp³-hybridized carbons (Fsp3) is 0.725. The number of methoxy groups -OCH3 is 3. The molecule has 2 rings (SSSR count). The lowest BCUT2D eigenvalue weighted by Crippen LogP contribution is -2.59. The van der Waals surface area contributed by atoms with Crippen LogP contribution in [0.1, 0.15) is 78.9 Å². The predicted octanol–water partition coefficient (Wildman–Crippen LogP) is 3.36. The number of hydrogen-bond donors (Lipinski definition) is 4. The Morgan fingerprint density at radius 3 is 2.15 bits per heavy atom. The molecule has 1 aromatic rings. The van der Waals surface area contributed by atoms with Gasteiger partial charge in [0, 0.05) is 40.5 Å². The average Bonchev–Trinajstić information content (AvgIpc) is 3.58. The second-order valence-corrected chi connectivity index (χ2v) is 15.5. The van der Waals surface area contributed by atoms with Gasteiger partial charge in [0.05, 0.1) is 55.3 Å². The van der Waals surface area contributed by atoms with Crippen LogP contribution in [0, 0.1) is 36.4 Å². The molecule has 55 heavy (non-hydrogen) atoms. The van der Waals surface area contributed by atoms with E-state index in [2.05, 4.69) is 21.1 Å². The summed E-state index contributed by atoms with van der Waals surface area (Å²) in [6.45, 7) is 15.2. The van der Waals surface area contributed by atoms with Gasteiger partial charge in [-0.15, -0.1) is 0 Å². The Bertz CT molecular complexity index is 1460. The SMILES string of the molecule is CC[C@H](C)[C@@H]([C@@H](CC(=O)N1C[C@H](OC)C[C@@H]1[C@H](OC)[C@@H](C)C(=O)NCC(=NO)c1ccc(F)cc1C)OC)N(C)C(=O)C(NC(=O)[C@@H](NC)C(C)C)C(C)C. The molecule has 4 N–H and O–H groups in total. The number of nitrogens with one attached hydrogen (secondary N) is 3. The molecule has 9 atom stereocenters. The molecule has 1 unspecified atom stereocenters. The standard InChI is InChI=1S/C40H67FN6O8/c1-14-24(6)36(46(10)40(51)35(23(4)5)44-39(50)34(42-9)22(2)3)32(54-12)19-33(48)47-21-28(53-11)18-31(47)37(55-13)26(8)38(49)43-20-30(45-52)29-16-15-27(41)17-25(29)7/h15-17,22-24,26,28,31-32,34-37,42,52H,14,18-21H2,1-13H3,(H,43,49)(H,44,50)/t24-,26+,28+,31+,32+,34-,35?,36-,37+/m0/s1. The van der Waals surface area contributed by atoms with Crippen LogP contribution in [-0.4, -0.2) is 135 Å². The Kier molecular flexibility index (Phi) is 19.1. The number of halogens is 1. The summed E-state index contributed by atoms with van der Waals surface area (Å²) in [4.78, 5) is 58.6. The number of likely N-dealkylation sites (tertiary alicyclic amines) is 1. The number of rotatable bonds is 21. The number of likely N-dealkylation sites (N-methyl/N-ethyl adjacent to an activating group) is 2. The monoisotopic (exact) mass is 779 g/mol. The van der Waals surface area contributed by atoms with Crippen molar-refractivity contribution in [3.63, 3.8) is 0 Å². The second-order valence-electron chi connectivity index (χ2n) is 15.5. The van der Waals surface area contributed by atoms with E-state index in [1.165, 1.54) is 32.4 Å². The molecule has 312 valence electrons. The van der Waals surface area contributed by atoms with Crippen LogP contribution >= 0.6 is 0 Å². The smallest absolute Gasteiger partial charge is 0.245 e. The van der Waals surface area contributed by atoms with E-state index in [4.69, 9.17) is 14.2 Å². The van der Waals surface area contributed by atoms with E-state index >= 15 is 0 Å². The number of oxime groups is 1. The molecule has 1 aliphatic heterocycles. The maximum atomic E-state index is 14.3. The van der Waals surface area contributed by atoms with E-state index in [1.807, 2.05) is 41.5 Å². The summed E-state index contributed by atoms with van der Waals surface area (Å²) in [5, 5.41) is 21.8. The first-order valence-electron chi connectivity index (χ1n) is 19.3. The third kappa shape index (κ3) is 12.2. The summed E-state index contributed by atoms with van der Waals surface area (Å²) in [5.74, 6) is -2.62. The first-order chi connectivity index (χ1) is 25.9. The molecule has 1 aliphatic rings. The van der Waals surface area contributed by atoms with Crippen molar-refractivity contribution in [2.75, 3.05) is 48.5 Å². The topological polar surface area (TPSA) is 171 Å². The van der Waals surface area contributed by atoms with Crippen molar-refractivity contribution in [2.45, 2.75) is 117 Å². The van der Waals surface area contributed by atoms with E-state index in [0.717, 1.165) is 0 Å². The predicted molar refractivity (Wildman–Crippen MR) is 209 cm³/mol. The van der Waals surface area contributed by atoms with Crippen molar-refractivity contribution in [1.82, 2.24) is 25.8 Å². The third-order valence-corrected chi connectivity index (χ3v) is 11.1. The van der Waals surface area contributed by atoms with E-state index in [-0.39, 0.29) is 66.8 Å². The van der Waals surface area contributed by atoms with Gasteiger partial charge in [-0.2, -0.15) is 0 Å². The summed E-state index contributed by atoms with van der Waals surface area (Å²) < 4.78 is 31.3. The van der Waals surface area contributed by atoms with Crippen molar-refractivity contribution in [2.24, 2.45) is 28.8 Å². The molecule has 0 radical (unpaired) electrons. The van der Waals surface area contributed by atoms with E-state index in [1.54, 1.807) is 44.9 Å². The second kappa shape index (κ2) is 22.2. The van der Waals surface area contributed by atoms with Gasteiger partial charge < -0.3 is 45.2 Å². The lowest BCUT2D eigenvalue weighted by atomic mass is 9.89. The lowest BCUT2D eigenvalue weighted by Gasteiger charge is -2.41. The van der Waals surface area contributed by atoms with Crippen LogP contribution in [-0.2, 0) is 33.4 Å². The molecule has 0 bridgehead atoms. The number of aryl methyl sites for hydroxylation is 1. The highest BCUT2D eigenvalue weighted by Gasteiger charge is 2.45. The number of amides is 4. The van der Waals surface area contributed by atoms with Crippen molar-refractivity contribution in [3.05, 3.63) is 35.1 Å². The van der Waals surface area contributed by atoms with Crippen molar-refractivity contribution in [1.29, 1.82) is 0 Å². The first-order valence-corrected chi connectivity index (χ1v) is 19.3. The number of carbonyl (C=O) groups is 4. The zero-order chi connectivity index (χ0) is 41.7. The van der Waals surface area contributed by atoms with Crippen LogP contribution in [0.5, 0.6) is 0 Å². The Morgan fingerprint density at radius 2 is 1.65 bits per heavy atom. The molecule has 15 heteroatoms. The number of benzene rings is 1. The highest BCUT2D eigenvalue weighted by atomic mass is 19.1. The quantitative estimate of drug-likeness (QED) is 0.0831. The number of ether oxygens (including phenoxy) is 3. The molecule has 1 saturated heterocycles. The first kappa shape index (κ1) is 47.5. The Balaban J connectivity index is 2.32. The Labute approximate surface area is 327 Å². The number of nitrogens with zero attached hydrogens (tertiary/aromatic N) is 3. The lowest BCUT2D eigenvalue weighted by molar-refractivity contribution is -0.147. The van der Waals surface area contributed by atoms with Crippen LogP contribution in [0.15, 0.2) is 23.4 Å². The van der Waals surface area contributed by atoms with Gasteiger partial charge in [0.1, 0.15) is 17.6 Å². The molecule has 0 saturated carbocycles. The van der Waals surface area contributed by atoms with Gasteiger partial charge in [-0.25, -0.2) is 4.39 Å². The molecular formula is C40H67FN6O8. The zero-order valence-corrected chi connectivity index (χ0v) is 35.1. The summed E-state index contributed by atoms with van der Waals surface area (Å²) in [5.41, 5.74) is 1.20. The van der Waals surface area contributed by atoms with Gasteiger partial charge in [0.25, 0.3) is 0 Å². The van der Waals surface area contributed by atoms with Crippen LogP contribution < -0.4 is 16.0 Å². The van der Waals surface area contributed by atoms with E-state index in [0.29, 0.717) is 24.0 Å². The zero-order valence-electron chi connectivity index (χ0n) is 35.1. The minimum absolute atomic E-state index is 0.00954. The van der Waals surface area contributed by atoms with Gasteiger partial charge in [0.15, 0.2) is 0 Å². The summed E-state index contributed by atoms with van der Waals surface area (Å²) in [6.07, 6.45) is -0.686. The molecule has 1 fully saturated rings. The molecule has 1 heterocycles. The third-order valence-electron chi connectivity index (χ3n) is 11.1. The highest BCUT2D eigenvalue weighted by molar-refractivity contribution is 6.04. The largest absolute Gasteiger partial charge is 0.411 e. The molecule has 1 aromatic carbocycles. The van der Waals surface area contributed by atoms with Gasteiger partial charge in [-0.1, -0.05) is 60.0 Å². The Hall–Kier alpha value is -3.66. The average molecular weight is 779 g/mol. The highest BCUT2D eigenvalue weighted by Crippen LogP contribution is 2.31. The molecule has 14 nitrogen and oxygen atoms in total. The molecule has 0 aliphatic carbocycles. The summed E-state index contributed by atoms with van der Waals surface area (Å²) >= 11 is 0. The minimum atomic E-state index is -0.799. The van der Waals surface area contributed by atoms with Crippen LogP contribution in [0.25, 0.3) is 0 Å². The van der Waals surface area contributed by atoms with Crippen LogP contribution in [0.3, 0.4) is 0 Å². The molecular weight excluding hydrogens is 711 g/mol. The van der Waals surface area contributed by atoms with Gasteiger partial charge in [0.2, 0.25) is 23.6 Å². The van der Waals surface area contributed by atoms with Gasteiger partial charge in [-0.05, 0) is 61.9 Å². The maximum Gasteiger partial charge on any atom is 0.245 e. The summed E-state index contributed by atoms with van der Waals surface area (Å²) in [7, 11) is 7.99. The summed E-state index contributed by atoms with van der Waals surface area (Å²) in [6, 6.07) is 1.74. The fourth-order valence-electron chi connectivity index (χ4n) is 7.67. The van der Waals surface area contributed by atoms with Crippen molar-refractivity contribution < 1.29 is 43.0 Å². The van der Waals surface area contributed by atoms with Crippen molar-refractivity contribution >= 4 is 29.3 Å². The van der Waals surface area contributed by atoms with Gasteiger partial charge in [-0.3, -0.25) is 19.2 Å². The van der Waals surface area contributed by atoms with Crippen LogP contribution in [0.4, 0.5) is 4.39 Å². The van der Waals surface area contributed by atoms with Crippen molar-refractivity contribution in [3.8, 4) is 0 Å². The molecule has 0 aromatic heterocycles. The normalized spacial score (nSPS) is 20.1. The fourth-order valence-corrected chi connectivity index (χ4v) is 7.67. The molecule has 0 spiro atoms. The maximum absolute atomic E-state index is 14.3. The minimum Gasteiger partial charge on any atom is -0.411 e. The van der Waals surface area contributed by atoms with Gasteiger partial charge >= 0.3 is 0 Å².